The maximum atomic E-state index is 13.3. The van der Waals surface area contributed by atoms with Crippen molar-refractivity contribution in [2.75, 3.05) is 20.8 Å². The number of benzene rings is 1. The Morgan fingerprint density at radius 2 is 1.91 bits per heavy atom. The lowest BCUT2D eigenvalue weighted by atomic mass is 9.51. The summed E-state index contributed by atoms with van der Waals surface area (Å²) in [5, 5.41) is 14.8. The van der Waals surface area contributed by atoms with Crippen molar-refractivity contribution in [3.63, 3.8) is 0 Å². The molecule has 0 aliphatic heterocycles. The number of methoxy groups -OCH3 is 1. The summed E-state index contributed by atoms with van der Waals surface area (Å²) in [7, 11) is 3.44. The van der Waals surface area contributed by atoms with E-state index in [0.29, 0.717) is 19.6 Å². The predicted molar refractivity (Wildman–Crippen MR) is 129 cm³/mol. The SMILES string of the molecule is COCCC(=O)N[C@H]1CC[C@]2(C)CCC([C@H](C)C(=O)N(C)Cc3ccccc3)[C@H](O)[C@H]2[C@@H]1C. The number of amides is 2. The van der Waals surface area contributed by atoms with E-state index in [4.69, 9.17) is 4.74 Å². The number of carbonyl (C=O) groups excluding carboxylic acids is 2. The third-order valence-electron chi connectivity index (χ3n) is 8.44. The average Bonchev–Trinajstić information content (AvgIpc) is 2.79. The number of aliphatic hydroxyl groups excluding tert-OH is 1. The van der Waals surface area contributed by atoms with Gasteiger partial charge in [-0.05, 0) is 54.4 Å². The summed E-state index contributed by atoms with van der Waals surface area (Å²) < 4.78 is 5.03. The monoisotopic (exact) mass is 458 g/mol. The largest absolute Gasteiger partial charge is 0.392 e. The highest BCUT2D eigenvalue weighted by atomic mass is 16.5. The van der Waals surface area contributed by atoms with Crippen LogP contribution in [0, 0.1) is 29.1 Å². The Labute approximate surface area is 199 Å². The number of fused-ring (bicyclic) bond motifs is 1. The van der Waals surface area contributed by atoms with Gasteiger partial charge in [0.1, 0.15) is 0 Å². The molecule has 3 rings (SSSR count). The van der Waals surface area contributed by atoms with Crippen molar-refractivity contribution >= 4 is 11.8 Å². The summed E-state index contributed by atoms with van der Waals surface area (Å²) in [5.74, 6) is -0.0178. The van der Waals surface area contributed by atoms with E-state index >= 15 is 0 Å². The van der Waals surface area contributed by atoms with Gasteiger partial charge >= 0.3 is 0 Å². The van der Waals surface area contributed by atoms with Crippen molar-refractivity contribution in [1.29, 1.82) is 0 Å². The first-order valence-corrected chi connectivity index (χ1v) is 12.4. The van der Waals surface area contributed by atoms with E-state index in [1.165, 1.54) is 0 Å². The van der Waals surface area contributed by atoms with E-state index in [0.717, 1.165) is 31.2 Å². The number of carbonyl (C=O) groups is 2. The van der Waals surface area contributed by atoms with Crippen molar-refractivity contribution in [3.8, 4) is 0 Å². The molecule has 1 aromatic rings. The van der Waals surface area contributed by atoms with Gasteiger partial charge in [-0.25, -0.2) is 0 Å². The smallest absolute Gasteiger partial charge is 0.225 e. The number of aliphatic hydroxyl groups is 1. The highest BCUT2D eigenvalue weighted by Crippen LogP contribution is 2.55. The van der Waals surface area contributed by atoms with Gasteiger partial charge < -0.3 is 20.1 Å². The van der Waals surface area contributed by atoms with Crippen LogP contribution in [0.25, 0.3) is 0 Å². The summed E-state index contributed by atoms with van der Waals surface area (Å²) in [6.07, 6.45) is 3.58. The van der Waals surface area contributed by atoms with Crippen LogP contribution in [0.3, 0.4) is 0 Å². The van der Waals surface area contributed by atoms with Gasteiger partial charge in [-0.1, -0.05) is 51.1 Å². The summed E-state index contributed by atoms with van der Waals surface area (Å²) in [5.41, 5.74) is 1.15. The third kappa shape index (κ3) is 5.78. The molecular formula is C27H42N2O4. The molecule has 0 heterocycles. The zero-order valence-corrected chi connectivity index (χ0v) is 20.9. The second-order valence-corrected chi connectivity index (χ2v) is 10.7. The fourth-order valence-electron chi connectivity index (χ4n) is 6.44. The molecule has 6 nitrogen and oxygen atoms in total. The molecule has 1 unspecified atom stereocenters. The molecule has 0 saturated heterocycles. The lowest BCUT2D eigenvalue weighted by molar-refractivity contribution is -0.150. The van der Waals surface area contributed by atoms with Gasteiger partial charge in [-0.3, -0.25) is 9.59 Å². The Hall–Kier alpha value is -1.92. The van der Waals surface area contributed by atoms with Gasteiger partial charge in [0, 0.05) is 39.1 Å². The van der Waals surface area contributed by atoms with Crippen LogP contribution in [-0.2, 0) is 20.9 Å². The standard InChI is InChI=1S/C27H42N2O4/c1-18(26(32)29(4)17-20-9-7-6-8-10-20)21-11-14-27(3)15-12-22(19(2)24(27)25(21)31)28-23(30)13-16-33-5/h6-10,18-19,21-22,24-25,31H,11-17H2,1-5H3,(H,28,30)/t18-,19+,21?,22-,24+,25-,27-/m0/s1. The molecule has 2 fully saturated rings. The Morgan fingerprint density at radius 3 is 2.58 bits per heavy atom. The van der Waals surface area contributed by atoms with E-state index in [1.54, 1.807) is 12.0 Å². The molecule has 0 radical (unpaired) electrons. The van der Waals surface area contributed by atoms with Crippen molar-refractivity contribution in [2.24, 2.45) is 29.1 Å². The van der Waals surface area contributed by atoms with Gasteiger partial charge in [0.2, 0.25) is 11.8 Å². The van der Waals surface area contributed by atoms with E-state index in [1.807, 2.05) is 44.3 Å². The van der Waals surface area contributed by atoms with Crippen molar-refractivity contribution in [1.82, 2.24) is 10.2 Å². The number of nitrogens with one attached hydrogen (secondary N) is 1. The minimum Gasteiger partial charge on any atom is -0.392 e. The quantitative estimate of drug-likeness (QED) is 0.624. The molecule has 184 valence electrons. The predicted octanol–water partition coefficient (Wildman–Crippen LogP) is 3.63. The molecule has 2 saturated carbocycles. The maximum absolute atomic E-state index is 13.3. The Bertz CT molecular complexity index is 801. The Morgan fingerprint density at radius 1 is 1.24 bits per heavy atom. The van der Waals surface area contributed by atoms with Crippen LogP contribution in [0.4, 0.5) is 0 Å². The number of ether oxygens (including phenoxy) is 1. The van der Waals surface area contributed by atoms with Gasteiger partial charge in [-0.15, -0.1) is 0 Å². The molecule has 2 aliphatic carbocycles. The minimum atomic E-state index is -0.554. The molecule has 0 spiro atoms. The first-order chi connectivity index (χ1) is 15.7. The number of hydrogen-bond acceptors (Lipinski definition) is 4. The van der Waals surface area contributed by atoms with Gasteiger partial charge in [0.05, 0.1) is 12.7 Å². The fraction of sp³-hybridized carbons (Fsp3) is 0.704. The summed E-state index contributed by atoms with van der Waals surface area (Å²) >= 11 is 0. The minimum absolute atomic E-state index is 0.00485. The number of nitrogens with zero attached hydrogens (tertiary/aromatic N) is 1. The molecule has 0 aromatic heterocycles. The van der Waals surface area contributed by atoms with Crippen LogP contribution >= 0.6 is 0 Å². The third-order valence-corrected chi connectivity index (χ3v) is 8.44. The second kappa shape index (κ2) is 11.0. The molecule has 7 atom stereocenters. The van der Waals surface area contributed by atoms with E-state index < -0.39 is 6.10 Å². The van der Waals surface area contributed by atoms with Crippen LogP contribution in [0.5, 0.6) is 0 Å². The van der Waals surface area contributed by atoms with Gasteiger partial charge in [-0.2, -0.15) is 0 Å². The molecule has 1 aromatic carbocycles. The lowest BCUT2D eigenvalue weighted by Gasteiger charge is -2.56. The second-order valence-electron chi connectivity index (χ2n) is 10.7. The normalized spacial score (nSPS) is 32.5. The maximum Gasteiger partial charge on any atom is 0.225 e. The highest BCUT2D eigenvalue weighted by Gasteiger charge is 2.54. The summed E-state index contributed by atoms with van der Waals surface area (Å²) in [6.45, 7) is 7.39. The fourth-order valence-corrected chi connectivity index (χ4v) is 6.44. The molecule has 2 aliphatic rings. The Balaban J connectivity index is 1.68. The van der Waals surface area contributed by atoms with Crippen LogP contribution in [-0.4, -0.2) is 54.7 Å². The topological polar surface area (TPSA) is 78.9 Å². The number of rotatable bonds is 8. The van der Waals surface area contributed by atoms with Crippen LogP contribution in [0.1, 0.15) is 58.4 Å². The van der Waals surface area contributed by atoms with Crippen molar-refractivity contribution in [3.05, 3.63) is 35.9 Å². The Kier molecular flexibility index (Phi) is 8.57. The molecule has 33 heavy (non-hydrogen) atoms. The van der Waals surface area contributed by atoms with E-state index in [2.05, 4.69) is 19.2 Å². The van der Waals surface area contributed by atoms with E-state index in [9.17, 15) is 14.7 Å². The first-order valence-electron chi connectivity index (χ1n) is 12.4. The van der Waals surface area contributed by atoms with E-state index in [-0.39, 0.29) is 46.9 Å². The van der Waals surface area contributed by atoms with Crippen LogP contribution in [0.15, 0.2) is 30.3 Å². The van der Waals surface area contributed by atoms with Gasteiger partial charge in [0.15, 0.2) is 0 Å². The van der Waals surface area contributed by atoms with Gasteiger partial charge in [0.25, 0.3) is 0 Å². The first kappa shape index (κ1) is 25.7. The summed E-state index contributed by atoms with van der Waals surface area (Å²) in [4.78, 5) is 27.4. The average molecular weight is 459 g/mol. The lowest BCUT2D eigenvalue weighted by Crippen LogP contribution is -2.58. The zero-order valence-electron chi connectivity index (χ0n) is 20.9. The molecule has 2 amide bonds. The number of hydrogen-bond donors (Lipinski definition) is 2. The van der Waals surface area contributed by atoms with Crippen molar-refractivity contribution in [2.45, 2.75) is 71.6 Å². The molecule has 2 N–H and O–H groups in total. The highest BCUT2D eigenvalue weighted by molar-refractivity contribution is 5.78. The van der Waals surface area contributed by atoms with Crippen molar-refractivity contribution < 1.29 is 19.4 Å². The molecule has 0 bridgehead atoms. The molecular weight excluding hydrogens is 416 g/mol. The summed E-state index contributed by atoms with van der Waals surface area (Å²) in [6, 6.07) is 10.0. The van der Waals surface area contributed by atoms with Crippen LogP contribution < -0.4 is 5.32 Å². The molecule has 6 heteroatoms. The van der Waals surface area contributed by atoms with Crippen LogP contribution in [0.2, 0.25) is 0 Å². The zero-order chi connectivity index (χ0) is 24.2.